The molecule has 2 N–H and O–H groups in total. The number of nitrogens with zero attached hydrogens (tertiary/aromatic N) is 2. The van der Waals surface area contributed by atoms with Crippen LogP contribution in [0, 0.1) is 10.1 Å². The number of carboxylic acids is 1. The molecular formula is C21H19N3O8. The minimum absolute atomic E-state index is 0.0904. The molecule has 11 heteroatoms. The third-order valence-electron chi connectivity index (χ3n) is 4.41. The number of nitro groups is 1. The molecule has 0 saturated carbocycles. The largest absolute Gasteiger partial charge is 0.490 e. The summed E-state index contributed by atoms with van der Waals surface area (Å²) in [6.07, 6.45) is -0.181. The van der Waals surface area contributed by atoms with Crippen LogP contribution < -0.4 is 19.9 Å². The lowest BCUT2D eigenvalue weighted by Gasteiger charge is -2.15. The predicted molar refractivity (Wildman–Crippen MR) is 112 cm³/mol. The predicted octanol–water partition coefficient (Wildman–Crippen LogP) is 2.31. The molecule has 0 bridgehead atoms. The second-order valence-electron chi connectivity index (χ2n) is 6.63. The number of hydrogen-bond donors (Lipinski definition) is 2. The van der Waals surface area contributed by atoms with E-state index >= 15 is 0 Å². The molecule has 1 fully saturated rings. The van der Waals surface area contributed by atoms with Gasteiger partial charge >= 0.3 is 11.7 Å². The number of benzene rings is 2. The molecule has 166 valence electrons. The summed E-state index contributed by atoms with van der Waals surface area (Å²) >= 11 is 0. The van der Waals surface area contributed by atoms with Crippen LogP contribution >= 0.6 is 0 Å². The van der Waals surface area contributed by atoms with E-state index < -0.39 is 34.5 Å². The van der Waals surface area contributed by atoms with Crippen LogP contribution in [0.4, 0.5) is 11.4 Å². The van der Waals surface area contributed by atoms with Gasteiger partial charge in [-0.05, 0) is 43.7 Å². The van der Waals surface area contributed by atoms with E-state index in [1.807, 2.05) is 0 Å². The van der Waals surface area contributed by atoms with Crippen molar-refractivity contribution in [1.29, 1.82) is 0 Å². The number of rotatable bonds is 8. The van der Waals surface area contributed by atoms with Crippen molar-refractivity contribution in [2.45, 2.75) is 20.0 Å². The third kappa shape index (κ3) is 4.51. The second-order valence-corrected chi connectivity index (χ2v) is 6.63. The summed E-state index contributed by atoms with van der Waals surface area (Å²) in [5.74, 6) is -3.09. The molecule has 1 atom stereocenters. The number of aliphatic carboxylic acids is 1. The Morgan fingerprint density at radius 3 is 2.56 bits per heavy atom. The summed E-state index contributed by atoms with van der Waals surface area (Å²) in [4.78, 5) is 47.2. The van der Waals surface area contributed by atoms with Crippen LogP contribution in [0.25, 0.3) is 6.08 Å². The van der Waals surface area contributed by atoms with Gasteiger partial charge in [-0.3, -0.25) is 25.1 Å². The Kier molecular flexibility index (Phi) is 6.38. The van der Waals surface area contributed by atoms with E-state index in [0.29, 0.717) is 5.69 Å². The Morgan fingerprint density at radius 1 is 1.28 bits per heavy atom. The van der Waals surface area contributed by atoms with Gasteiger partial charge in [-0.25, -0.2) is 9.80 Å². The molecule has 2 aromatic rings. The molecule has 11 nitrogen and oxygen atoms in total. The molecule has 0 aliphatic carbocycles. The van der Waals surface area contributed by atoms with Gasteiger partial charge in [-0.1, -0.05) is 18.2 Å². The van der Waals surface area contributed by atoms with Crippen molar-refractivity contribution in [2.24, 2.45) is 0 Å². The maximum Gasteiger partial charge on any atom is 0.344 e. The summed E-state index contributed by atoms with van der Waals surface area (Å²) in [7, 11) is 0. The highest BCUT2D eigenvalue weighted by molar-refractivity contribution is 6.31. The van der Waals surface area contributed by atoms with Gasteiger partial charge < -0.3 is 14.6 Å². The van der Waals surface area contributed by atoms with Crippen LogP contribution in [0.15, 0.2) is 48.0 Å². The molecule has 0 unspecified atom stereocenters. The number of amides is 2. The molecular weight excluding hydrogens is 422 g/mol. The van der Waals surface area contributed by atoms with Gasteiger partial charge in [0.2, 0.25) is 5.75 Å². The van der Waals surface area contributed by atoms with E-state index in [-0.39, 0.29) is 29.2 Å². The number of nitrogens with one attached hydrogen (secondary N) is 1. The normalized spacial score (nSPS) is 15.4. The van der Waals surface area contributed by atoms with Gasteiger partial charge in [0.15, 0.2) is 11.9 Å². The lowest BCUT2D eigenvalue weighted by Crippen LogP contribution is -2.35. The molecule has 2 aromatic carbocycles. The van der Waals surface area contributed by atoms with E-state index in [9.17, 15) is 24.5 Å². The summed E-state index contributed by atoms with van der Waals surface area (Å²) in [6, 6.07) is 10.8. The zero-order chi connectivity index (χ0) is 23.4. The van der Waals surface area contributed by atoms with Gasteiger partial charge in [-0.2, -0.15) is 0 Å². The topological polar surface area (TPSA) is 148 Å². The first-order valence-corrected chi connectivity index (χ1v) is 9.49. The quantitative estimate of drug-likeness (QED) is 0.274. The summed E-state index contributed by atoms with van der Waals surface area (Å²) in [6.45, 7) is 2.96. The van der Waals surface area contributed by atoms with Gasteiger partial charge in [0.25, 0.3) is 11.8 Å². The van der Waals surface area contributed by atoms with E-state index in [1.54, 1.807) is 37.3 Å². The molecule has 0 spiro atoms. The summed E-state index contributed by atoms with van der Waals surface area (Å²) in [5.41, 5.74) is 2.21. The number of hydrazine groups is 1. The van der Waals surface area contributed by atoms with Gasteiger partial charge in [0.05, 0.1) is 17.2 Å². The number of hydrogen-bond acceptors (Lipinski definition) is 7. The Labute approximate surface area is 182 Å². The monoisotopic (exact) mass is 441 g/mol. The lowest BCUT2D eigenvalue weighted by atomic mass is 10.1. The minimum Gasteiger partial charge on any atom is -0.490 e. The highest BCUT2D eigenvalue weighted by Gasteiger charge is 2.35. The lowest BCUT2D eigenvalue weighted by molar-refractivity contribution is -0.386. The highest BCUT2D eigenvalue weighted by atomic mass is 16.6. The molecule has 1 saturated heterocycles. The standard InChI is InChI=1S/C21H19N3O8/c1-3-31-17-11-13(10-16(24(29)30)18(17)32-12(2)21(27)28)9-15-19(25)22-23(20(15)26)14-7-5-4-6-8-14/h4-12H,3H2,1-2H3,(H,22,25)(H,27,28)/b15-9-/t12-/m0/s1. The number of anilines is 1. The molecule has 0 radical (unpaired) electrons. The van der Waals surface area contributed by atoms with Crippen LogP contribution in [0.1, 0.15) is 19.4 Å². The zero-order valence-corrected chi connectivity index (χ0v) is 17.1. The van der Waals surface area contributed by atoms with Crippen LogP contribution in [-0.2, 0) is 14.4 Å². The van der Waals surface area contributed by atoms with E-state index in [0.717, 1.165) is 11.1 Å². The average molecular weight is 441 g/mol. The maximum atomic E-state index is 12.8. The van der Waals surface area contributed by atoms with Crippen molar-refractivity contribution in [3.8, 4) is 11.5 Å². The first kappa shape index (κ1) is 22.3. The van der Waals surface area contributed by atoms with Gasteiger partial charge in [-0.15, -0.1) is 0 Å². The number of carbonyl (C=O) groups is 3. The van der Waals surface area contributed by atoms with Crippen LogP contribution in [0.5, 0.6) is 11.5 Å². The number of para-hydroxylation sites is 1. The second kappa shape index (κ2) is 9.16. The molecule has 32 heavy (non-hydrogen) atoms. The minimum atomic E-state index is -1.38. The van der Waals surface area contributed by atoms with Crippen molar-refractivity contribution in [3.05, 3.63) is 63.7 Å². The van der Waals surface area contributed by atoms with Crippen molar-refractivity contribution in [3.63, 3.8) is 0 Å². The van der Waals surface area contributed by atoms with Crippen LogP contribution in [0.2, 0.25) is 0 Å². The van der Waals surface area contributed by atoms with Crippen LogP contribution in [0.3, 0.4) is 0 Å². The molecule has 0 aromatic heterocycles. The van der Waals surface area contributed by atoms with Gasteiger partial charge in [0, 0.05) is 6.07 Å². The first-order chi connectivity index (χ1) is 15.2. The Hall–Kier alpha value is -4.41. The van der Waals surface area contributed by atoms with E-state index in [4.69, 9.17) is 14.6 Å². The van der Waals surface area contributed by atoms with Crippen molar-refractivity contribution in [1.82, 2.24) is 5.43 Å². The van der Waals surface area contributed by atoms with Gasteiger partial charge in [0.1, 0.15) is 5.57 Å². The first-order valence-electron chi connectivity index (χ1n) is 9.49. The average Bonchev–Trinajstić information content (AvgIpc) is 3.04. The summed E-state index contributed by atoms with van der Waals surface area (Å²) < 4.78 is 10.7. The van der Waals surface area contributed by atoms with Crippen molar-refractivity contribution < 1.29 is 33.9 Å². The number of ether oxygens (including phenoxy) is 2. The molecule has 1 heterocycles. The smallest absolute Gasteiger partial charge is 0.344 e. The highest BCUT2D eigenvalue weighted by Crippen LogP contribution is 2.40. The number of carbonyl (C=O) groups excluding carboxylic acids is 2. The number of carboxylic acid groups (broad SMARTS) is 1. The fourth-order valence-electron chi connectivity index (χ4n) is 2.92. The van der Waals surface area contributed by atoms with E-state index in [1.165, 1.54) is 19.1 Å². The molecule has 3 rings (SSSR count). The Morgan fingerprint density at radius 2 is 1.97 bits per heavy atom. The summed E-state index contributed by atoms with van der Waals surface area (Å²) in [5, 5.41) is 21.8. The van der Waals surface area contributed by atoms with E-state index in [2.05, 4.69) is 5.43 Å². The number of nitro benzene ring substituents is 1. The molecule has 1 aliphatic heterocycles. The Balaban J connectivity index is 2.05. The fourth-order valence-corrected chi connectivity index (χ4v) is 2.92. The fraction of sp³-hybridized carbons (Fsp3) is 0.190. The van der Waals surface area contributed by atoms with Crippen molar-refractivity contribution in [2.75, 3.05) is 11.6 Å². The SMILES string of the molecule is CCOc1cc(/C=C2/C(=O)NN(c3ccccc3)C2=O)cc([N+](=O)[O-])c1O[C@@H](C)C(=O)O. The maximum absolute atomic E-state index is 12.8. The molecule has 1 aliphatic rings. The zero-order valence-electron chi connectivity index (χ0n) is 17.1. The van der Waals surface area contributed by atoms with Crippen LogP contribution in [-0.4, -0.2) is 40.5 Å². The molecule has 2 amide bonds. The third-order valence-corrected chi connectivity index (χ3v) is 4.41. The Bertz CT molecular complexity index is 1110. The van der Waals surface area contributed by atoms with Crippen molar-refractivity contribution >= 4 is 35.2 Å².